The summed E-state index contributed by atoms with van der Waals surface area (Å²) in [5, 5.41) is 1.59. The summed E-state index contributed by atoms with van der Waals surface area (Å²) in [7, 11) is 0. The topological polar surface area (TPSA) is 56.2 Å². The average molecular weight is 306 g/mol. The van der Waals surface area contributed by atoms with Crippen LogP contribution in [0.2, 0.25) is 10.0 Å². The number of hydrogen-bond acceptors (Lipinski definition) is 3. The number of rotatable bonds is 2. The summed E-state index contributed by atoms with van der Waals surface area (Å²) in [6.07, 6.45) is 0. The lowest BCUT2D eigenvalue weighted by atomic mass is 10.1. The van der Waals surface area contributed by atoms with Crippen molar-refractivity contribution >= 4 is 45.6 Å². The van der Waals surface area contributed by atoms with E-state index in [9.17, 15) is 4.79 Å². The number of nitrogen functional groups attached to an aromatic ring is 1. The van der Waals surface area contributed by atoms with Gasteiger partial charge in [0.15, 0.2) is 11.3 Å². The molecule has 0 spiro atoms. The van der Waals surface area contributed by atoms with Crippen LogP contribution >= 0.6 is 23.2 Å². The molecule has 0 fully saturated rings. The van der Waals surface area contributed by atoms with Gasteiger partial charge >= 0.3 is 0 Å². The van der Waals surface area contributed by atoms with Gasteiger partial charge in [0.05, 0.1) is 15.7 Å². The number of ketones is 1. The first-order valence-corrected chi connectivity index (χ1v) is 6.59. The molecular weight excluding hydrogens is 297 g/mol. The number of anilines is 1. The molecular formula is C15H9Cl2NO2. The van der Waals surface area contributed by atoms with Crippen LogP contribution in [0.25, 0.3) is 11.0 Å². The number of carbonyl (C=O) groups excluding carboxylic acids is 1. The molecule has 0 amide bonds. The maximum Gasteiger partial charge on any atom is 0.228 e. The number of halogens is 2. The van der Waals surface area contributed by atoms with Gasteiger partial charge in [0.2, 0.25) is 5.78 Å². The third kappa shape index (κ3) is 2.15. The Hall–Kier alpha value is -1.97. The van der Waals surface area contributed by atoms with Gasteiger partial charge in [-0.2, -0.15) is 0 Å². The molecule has 1 heterocycles. The Morgan fingerprint density at radius 2 is 1.85 bits per heavy atom. The summed E-state index contributed by atoms with van der Waals surface area (Å²) in [5.74, 6) is -0.0481. The number of furan rings is 1. The smallest absolute Gasteiger partial charge is 0.228 e. The standard InChI is InChI=1S/C15H9Cl2NO2/c16-10-3-1-2-9-7-13(20-15(9)10)14(19)8-4-5-12(18)11(17)6-8/h1-7H,18H2. The molecule has 0 aliphatic heterocycles. The molecule has 1 aromatic heterocycles. The second-order valence-electron chi connectivity index (χ2n) is 4.33. The van der Waals surface area contributed by atoms with E-state index in [2.05, 4.69) is 0 Å². The maximum absolute atomic E-state index is 12.4. The Morgan fingerprint density at radius 1 is 1.05 bits per heavy atom. The Bertz CT molecular complexity index is 824. The highest BCUT2D eigenvalue weighted by Gasteiger charge is 2.16. The van der Waals surface area contributed by atoms with E-state index in [1.54, 1.807) is 30.3 Å². The van der Waals surface area contributed by atoms with Crippen molar-refractivity contribution < 1.29 is 9.21 Å². The molecule has 2 aromatic carbocycles. The quantitative estimate of drug-likeness (QED) is 0.558. The average Bonchev–Trinajstić information content (AvgIpc) is 2.86. The first kappa shape index (κ1) is 13.0. The molecule has 0 radical (unpaired) electrons. The minimum atomic E-state index is -0.265. The maximum atomic E-state index is 12.4. The third-order valence-corrected chi connectivity index (χ3v) is 3.61. The summed E-state index contributed by atoms with van der Waals surface area (Å²) in [6.45, 7) is 0. The first-order chi connectivity index (χ1) is 9.56. The van der Waals surface area contributed by atoms with Crippen LogP contribution in [0.4, 0.5) is 5.69 Å². The van der Waals surface area contributed by atoms with Crippen molar-refractivity contribution in [2.75, 3.05) is 5.73 Å². The van der Waals surface area contributed by atoms with E-state index in [0.29, 0.717) is 26.9 Å². The number of para-hydroxylation sites is 1. The first-order valence-electron chi connectivity index (χ1n) is 5.84. The molecule has 0 aliphatic rings. The zero-order valence-corrected chi connectivity index (χ0v) is 11.7. The molecule has 3 nitrogen and oxygen atoms in total. The zero-order chi connectivity index (χ0) is 14.3. The van der Waals surface area contributed by atoms with Crippen LogP contribution in [0, 0.1) is 0 Å². The highest BCUT2D eigenvalue weighted by Crippen LogP contribution is 2.28. The minimum Gasteiger partial charge on any atom is -0.451 e. The van der Waals surface area contributed by atoms with Gasteiger partial charge in [-0.15, -0.1) is 0 Å². The van der Waals surface area contributed by atoms with E-state index in [1.165, 1.54) is 6.07 Å². The van der Waals surface area contributed by atoms with Gasteiger partial charge in [-0.3, -0.25) is 4.79 Å². The van der Waals surface area contributed by atoms with Crippen molar-refractivity contribution in [3.63, 3.8) is 0 Å². The number of carbonyl (C=O) groups is 1. The zero-order valence-electron chi connectivity index (χ0n) is 10.2. The summed E-state index contributed by atoms with van der Waals surface area (Å²) in [6, 6.07) is 11.7. The van der Waals surface area contributed by atoms with Gasteiger partial charge in [0.25, 0.3) is 0 Å². The lowest BCUT2D eigenvalue weighted by molar-refractivity contribution is 0.101. The summed E-state index contributed by atoms with van der Waals surface area (Å²) >= 11 is 11.9. The summed E-state index contributed by atoms with van der Waals surface area (Å²) in [5.41, 5.74) is 6.97. The van der Waals surface area contributed by atoms with E-state index < -0.39 is 0 Å². The lowest BCUT2D eigenvalue weighted by Gasteiger charge is -2.01. The Morgan fingerprint density at radius 3 is 2.55 bits per heavy atom. The van der Waals surface area contributed by atoms with Gasteiger partial charge in [0.1, 0.15) is 0 Å². The van der Waals surface area contributed by atoms with Crippen LogP contribution in [0.1, 0.15) is 16.1 Å². The molecule has 3 rings (SSSR count). The fourth-order valence-corrected chi connectivity index (χ4v) is 2.35. The van der Waals surface area contributed by atoms with Crippen LogP contribution in [-0.4, -0.2) is 5.78 Å². The molecule has 0 bridgehead atoms. The van der Waals surface area contributed by atoms with Crippen molar-refractivity contribution in [1.29, 1.82) is 0 Å². The van der Waals surface area contributed by atoms with Gasteiger partial charge < -0.3 is 10.2 Å². The molecule has 0 atom stereocenters. The second kappa shape index (κ2) is 4.85. The normalized spacial score (nSPS) is 10.9. The van der Waals surface area contributed by atoms with Crippen molar-refractivity contribution in [2.24, 2.45) is 0 Å². The number of nitrogens with two attached hydrogens (primary N) is 1. The molecule has 3 aromatic rings. The fourth-order valence-electron chi connectivity index (χ4n) is 1.95. The monoisotopic (exact) mass is 305 g/mol. The predicted molar refractivity (Wildman–Crippen MR) is 80.5 cm³/mol. The summed E-state index contributed by atoms with van der Waals surface area (Å²) in [4.78, 5) is 12.4. The van der Waals surface area contributed by atoms with E-state index in [1.807, 2.05) is 6.07 Å². The number of benzene rings is 2. The van der Waals surface area contributed by atoms with Gasteiger partial charge in [-0.05, 0) is 30.3 Å². The fraction of sp³-hybridized carbons (Fsp3) is 0. The van der Waals surface area contributed by atoms with E-state index in [-0.39, 0.29) is 11.5 Å². The van der Waals surface area contributed by atoms with Crippen LogP contribution in [-0.2, 0) is 0 Å². The van der Waals surface area contributed by atoms with E-state index >= 15 is 0 Å². The minimum absolute atomic E-state index is 0.217. The van der Waals surface area contributed by atoms with Crippen LogP contribution in [0.15, 0.2) is 46.9 Å². The molecule has 5 heteroatoms. The van der Waals surface area contributed by atoms with E-state index in [4.69, 9.17) is 33.4 Å². The van der Waals surface area contributed by atoms with E-state index in [0.717, 1.165) is 5.39 Å². The SMILES string of the molecule is Nc1ccc(C(=O)c2cc3cccc(Cl)c3o2)cc1Cl. The molecule has 0 unspecified atom stereocenters. The Labute approximate surface area is 124 Å². The highest BCUT2D eigenvalue weighted by molar-refractivity contribution is 6.35. The second-order valence-corrected chi connectivity index (χ2v) is 5.15. The van der Waals surface area contributed by atoms with Crippen molar-refractivity contribution in [1.82, 2.24) is 0 Å². The van der Waals surface area contributed by atoms with Gasteiger partial charge in [-0.25, -0.2) is 0 Å². The number of hydrogen-bond donors (Lipinski definition) is 1. The molecule has 0 saturated heterocycles. The van der Waals surface area contributed by atoms with Crippen LogP contribution in [0.5, 0.6) is 0 Å². The van der Waals surface area contributed by atoms with Gasteiger partial charge in [-0.1, -0.05) is 35.3 Å². The molecule has 0 aliphatic carbocycles. The number of fused-ring (bicyclic) bond motifs is 1. The Balaban J connectivity index is 2.08. The highest BCUT2D eigenvalue weighted by atomic mass is 35.5. The van der Waals surface area contributed by atoms with Crippen LogP contribution < -0.4 is 5.73 Å². The van der Waals surface area contributed by atoms with Crippen molar-refractivity contribution in [2.45, 2.75) is 0 Å². The molecule has 2 N–H and O–H groups in total. The molecule has 0 saturated carbocycles. The largest absolute Gasteiger partial charge is 0.451 e. The summed E-state index contributed by atoms with van der Waals surface area (Å²) < 4.78 is 5.53. The molecule has 20 heavy (non-hydrogen) atoms. The predicted octanol–water partition coefficient (Wildman–Crippen LogP) is 4.55. The molecule has 100 valence electrons. The third-order valence-electron chi connectivity index (χ3n) is 2.98. The van der Waals surface area contributed by atoms with Gasteiger partial charge in [0, 0.05) is 10.9 Å². The Kier molecular flexibility index (Phi) is 3.16. The van der Waals surface area contributed by atoms with Crippen molar-refractivity contribution in [3.05, 3.63) is 63.8 Å². The van der Waals surface area contributed by atoms with Crippen LogP contribution in [0.3, 0.4) is 0 Å². The van der Waals surface area contributed by atoms with Crippen molar-refractivity contribution in [3.8, 4) is 0 Å². The lowest BCUT2D eigenvalue weighted by Crippen LogP contribution is -2.00.